The quantitative estimate of drug-likeness (QED) is 0.895. The molecule has 2 atom stereocenters. The summed E-state index contributed by atoms with van der Waals surface area (Å²) in [7, 11) is 0. The van der Waals surface area contributed by atoms with E-state index in [0.717, 1.165) is 24.8 Å². The molecule has 1 amide bonds. The van der Waals surface area contributed by atoms with Crippen LogP contribution in [0.4, 0.5) is 4.79 Å². The number of likely N-dealkylation sites (tertiary alicyclic amines) is 1. The maximum Gasteiger partial charge on any atom is 0.407 e. The van der Waals surface area contributed by atoms with Gasteiger partial charge in [0.05, 0.1) is 0 Å². The van der Waals surface area contributed by atoms with Crippen LogP contribution in [0.5, 0.6) is 0 Å². The minimum absolute atomic E-state index is 0.0148. The number of hydrogen-bond acceptors (Lipinski definition) is 2. The maximum atomic E-state index is 11.3. The van der Waals surface area contributed by atoms with E-state index in [-0.39, 0.29) is 6.04 Å². The van der Waals surface area contributed by atoms with Crippen LogP contribution in [0, 0.1) is 5.92 Å². The molecule has 1 heterocycles. The van der Waals surface area contributed by atoms with Crippen molar-refractivity contribution >= 4 is 17.7 Å². The number of carboxylic acid groups (broad SMARTS) is 1. The van der Waals surface area contributed by atoms with Gasteiger partial charge in [0.1, 0.15) is 0 Å². The highest BCUT2D eigenvalue weighted by atomic mass is 35.5. The van der Waals surface area contributed by atoms with Crippen molar-refractivity contribution < 1.29 is 9.90 Å². The standard InChI is InChI=1S/C14H19ClN2O2/c15-12-3-1-10(2-4-12)7-13-8-11(9-16)5-6-17(13)14(18)19/h1-4,11,13H,5-9,16H2,(H,18,19). The minimum atomic E-state index is -0.838. The fourth-order valence-electron chi connectivity index (χ4n) is 2.69. The molecule has 5 heteroatoms. The fraction of sp³-hybridized carbons (Fsp3) is 0.500. The second kappa shape index (κ2) is 6.26. The Morgan fingerprint density at radius 1 is 1.42 bits per heavy atom. The largest absolute Gasteiger partial charge is 0.465 e. The van der Waals surface area contributed by atoms with E-state index in [2.05, 4.69) is 0 Å². The van der Waals surface area contributed by atoms with E-state index in [1.165, 1.54) is 0 Å². The lowest BCUT2D eigenvalue weighted by molar-refractivity contribution is 0.0910. The van der Waals surface area contributed by atoms with Crippen LogP contribution in [0.2, 0.25) is 5.02 Å². The molecule has 1 aromatic carbocycles. The number of carbonyl (C=O) groups is 1. The van der Waals surface area contributed by atoms with Crippen LogP contribution >= 0.6 is 11.6 Å². The van der Waals surface area contributed by atoms with Gasteiger partial charge in [-0.05, 0) is 49.4 Å². The molecular weight excluding hydrogens is 264 g/mol. The first-order valence-electron chi connectivity index (χ1n) is 6.54. The Balaban J connectivity index is 2.08. The molecule has 2 rings (SSSR count). The molecule has 1 fully saturated rings. The molecule has 0 aliphatic carbocycles. The van der Waals surface area contributed by atoms with Gasteiger partial charge in [-0.25, -0.2) is 4.79 Å². The molecule has 19 heavy (non-hydrogen) atoms. The van der Waals surface area contributed by atoms with E-state index in [1.807, 2.05) is 24.3 Å². The van der Waals surface area contributed by atoms with Gasteiger partial charge >= 0.3 is 6.09 Å². The van der Waals surface area contributed by atoms with Crippen LogP contribution in [0.15, 0.2) is 24.3 Å². The molecule has 104 valence electrons. The third kappa shape index (κ3) is 3.61. The Morgan fingerprint density at radius 2 is 2.11 bits per heavy atom. The number of hydrogen-bond donors (Lipinski definition) is 2. The van der Waals surface area contributed by atoms with E-state index in [1.54, 1.807) is 4.90 Å². The Labute approximate surface area is 118 Å². The SMILES string of the molecule is NCC1CCN(C(=O)O)C(Cc2ccc(Cl)cc2)C1. The number of halogens is 1. The van der Waals surface area contributed by atoms with Gasteiger partial charge in [0.15, 0.2) is 0 Å². The number of rotatable bonds is 3. The summed E-state index contributed by atoms with van der Waals surface area (Å²) in [6.45, 7) is 1.21. The van der Waals surface area contributed by atoms with Gasteiger partial charge in [-0.3, -0.25) is 0 Å². The summed E-state index contributed by atoms with van der Waals surface area (Å²) in [5.41, 5.74) is 6.83. The van der Waals surface area contributed by atoms with E-state index in [9.17, 15) is 9.90 Å². The lowest BCUT2D eigenvalue weighted by atomic mass is 9.88. The third-order valence-corrected chi connectivity index (χ3v) is 4.04. The second-order valence-corrected chi connectivity index (χ2v) is 5.52. The molecule has 0 spiro atoms. The maximum absolute atomic E-state index is 11.3. The summed E-state index contributed by atoms with van der Waals surface area (Å²) >= 11 is 5.86. The average molecular weight is 283 g/mol. The molecule has 1 aromatic rings. The van der Waals surface area contributed by atoms with Crippen LogP contribution < -0.4 is 5.73 Å². The van der Waals surface area contributed by atoms with Gasteiger partial charge < -0.3 is 15.7 Å². The van der Waals surface area contributed by atoms with Crippen molar-refractivity contribution in [1.29, 1.82) is 0 Å². The molecule has 1 aliphatic heterocycles. The molecule has 0 saturated carbocycles. The van der Waals surface area contributed by atoms with Gasteiger partial charge in [0, 0.05) is 17.6 Å². The summed E-state index contributed by atoms with van der Waals surface area (Å²) in [5.74, 6) is 0.424. The highest BCUT2D eigenvalue weighted by Gasteiger charge is 2.30. The van der Waals surface area contributed by atoms with Gasteiger partial charge in [0.25, 0.3) is 0 Å². The lowest BCUT2D eigenvalue weighted by Gasteiger charge is -2.37. The van der Waals surface area contributed by atoms with E-state index in [4.69, 9.17) is 17.3 Å². The van der Waals surface area contributed by atoms with Gasteiger partial charge in [0.2, 0.25) is 0 Å². The third-order valence-electron chi connectivity index (χ3n) is 3.79. The first kappa shape index (κ1) is 14.2. The van der Waals surface area contributed by atoms with Crippen molar-refractivity contribution in [2.45, 2.75) is 25.3 Å². The number of amides is 1. The van der Waals surface area contributed by atoms with Crippen molar-refractivity contribution in [2.75, 3.05) is 13.1 Å². The summed E-state index contributed by atoms with van der Waals surface area (Å²) in [5, 5.41) is 9.96. The van der Waals surface area contributed by atoms with Crippen molar-refractivity contribution in [3.05, 3.63) is 34.9 Å². The number of nitrogens with zero attached hydrogens (tertiary/aromatic N) is 1. The van der Waals surface area contributed by atoms with Gasteiger partial charge in [-0.2, -0.15) is 0 Å². The normalized spacial score (nSPS) is 23.4. The average Bonchev–Trinajstić information content (AvgIpc) is 2.41. The molecule has 0 bridgehead atoms. The van der Waals surface area contributed by atoms with Gasteiger partial charge in [-0.15, -0.1) is 0 Å². The Morgan fingerprint density at radius 3 is 2.68 bits per heavy atom. The molecule has 2 unspecified atom stereocenters. The molecule has 0 radical (unpaired) electrons. The molecule has 1 saturated heterocycles. The Kier molecular flexibility index (Phi) is 4.66. The van der Waals surface area contributed by atoms with Crippen molar-refractivity contribution in [1.82, 2.24) is 4.90 Å². The van der Waals surface area contributed by atoms with Gasteiger partial charge in [-0.1, -0.05) is 23.7 Å². The summed E-state index contributed by atoms with van der Waals surface area (Å²) in [4.78, 5) is 12.8. The van der Waals surface area contributed by atoms with Crippen LogP contribution in [0.25, 0.3) is 0 Å². The zero-order chi connectivity index (χ0) is 13.8. The van der Waals surface area contributed by atoms with Crippen molar-refractivity contribution in [3.63, 3.8) is 0 Å². The number of benzene rings is 1. The van der Waals surface area contributed by atoms with Crippen LogP contribution in [-0.2, 0) is 6.42 Å². The van der Waals surface area contributed by atoms with E-state index in [0.29, 0.717) is 24.0 Å². The monoisotopic (exact) mass is 282 g/mol. The minimum Gasteiger partial charge on any atom is -0.465 e. The molecule has 3 N–H and O–H groups in total. The Bertz CT molecular complexity index is 436. The molecular formula is C14H19ClN2O2. The predicted molar refractivity (Wildman–Crippen MR) is 75.5 cm³/mol. The van der Waals surface area contributed by atoms with Crippen LogP contribution in [-0.4, -0.2) is 35.2 Å². The fourth-order valence-corrected chi connectivity index (χ4v) is 2.81. The lowest BCUT2D eigenvalue weighted by Crippen LogP contribution is -2.47. The predicted octanol–water partition coefficient (Wildman–Crippen LogP) is 2.60. The molecule has 1 aliphatic rings. The smallest absolute Gasteiger partial charge is 0.407 e. The summed E-state index contributed by atoms with van der Waals surface area (Å²) in [6, 6.07) is 7.60. The van der Waals surface area contributed by atoms with Crippen molar-refractivity contribution in [3.8, 4) is 0 Å². The Hall–Kier alpha value is -1.26. The number of piperidine rings is 1. The van der Waals surface area contributed by atoms with Crippen LogP contribution in [0.1, 0.15) is 18.4 Å². The molecule has 4 nitrogen and oxygen atoms in total. The van der Waals surface area contributed by atoms with E-state index < -0.39 is 6.09 Å². The zero-order valence-corrected chi connectivity index (χ0v) is 11.5. The first-order valence-corrected chi connectivity index (χ1v) is 6.92. The topological polar surface area (TPSA) is 66.6 Å². The summed E-state index contributed by atoms with van der Waals surface area (Å²) < 4.78 is 0. The van der Waals surface area contributed by atoms with E-state index >= 15 is 0 Å². The second-order valence-electron chi connectivity index (χ2n) is 5.09. The highest BCUT2D eigenvalue weighted by molar-refractivity contribution is 6.30. The molecule has 0 aromatic heterocycles. The van der Waals surface area contributed by atoms with Crippen LogP contribution in [0.3, 0.4) is 0 Å². The first-order chi connectivity index (χ1) is 9.10. The zero-order valence-electron chi connectivity index (χ0n) is 10.8. The highest BCUT2D eigenvalue weighted by Crippen LogP contribution is 2.25. The number of nitrogens with two attached hydrogens (primary N) is 1. The summed E-state index contributed by atoms with van der Waals surface area (Å²) in [6.07, 6.45) is 1.58. The van der Waals surface area contributed by atoms with Crippen molar-refractivity contribution in [2.24, 2.45) is 11.7 Å².